The van der Waals surface area contributed by atoms with Crippen LogP contribution >= 0.6 is 0 Å². The van der Waals surface area contributed by atoms with Gasteiger partial charge >= 0.3 is 6.47 Å². The average Bonchev–Trinajstić information content (AvgIpc) is 2.03. The molecule has 3 nitrogen and oxygen atoms in total. The summed E-state index contributed by atoms with van der Waals surface area (Å²) in [4.78, 5) is 13.4. The fourth-order valence-corrected chi connectivity index (χ4v) is 0.592. The summed E-state index contributed by atoms with van der Waals surface area (Å²) in [5.41, 5.74) is 0.915. The average molecular weight is 136 g/mol. The van der Waals surface area contributed by atoms with Crippen molar-refractivity contribution in [1.29, 1.82) is 0 Å². The third kappa shape index (κ3) is 1.85. The van der Waals surface area contributed by atoms with Gasteiger partial charge in [-0.1, -0.05) is 0 Å². The normalized spacial score (nSPS) is 8.80. The Morgan fingerprint density at radius 1 is 1.50 bits per heavy atom. The highest BCUT2D eigenvalue weighted by Crippen LogP contribution is 1.96. The molecule has 1 aromatic rings. The summed E-state index contributed by atoms with van der Waals surface area (Å²) < 4.78 is 4.39. The van der Waals surface area contributed by atoms with Crippen LogP contribution in [0.1, 0.15) is 5.56 Å². The number of rotatable bonds is 3. The van der Waals surface area contributed by atoms with Crippen molar-refractivity contribution in [3.63, 3.8) is 0 Å². The summed E-state index contributed by atoms with van der Waals surface area (Å²) in [6.45, 7) is 1.62. The maximum atomic E-state index is 9.62. The van der Waals surface area contributed by atoms with E-state index in [1.165, 1.54) is 6.47 Å². The van der Waals surface area contributed by atoms with Crippen LogP contribution in [-0.4, -0.2) is 11.5 Å². The Kier molecular flexibility index (Phi) is 2.43. The van der Waals surface area contributed by atoms with Gasteiger partial charge in [0.1, 0.15) is 6.61 Å². The molecule has 0 fully saturated rings. The highest BCUT2D eigenvalue weighted by atomic mass is 16.5. The van der Waals surface area contributed by atoms with Crippen LogP contribution in [0.15, 0.2) is 24.5 Å². The van der Waals surface area contributed by atoms with Gasteiger partial charge in [0, 0.05) is 12.4 Å². The van der Waals surface area contributed by atoms with Gasteiger partial charge in [-0.15, -0.1) is 0 Å². The second-order valence-electron chi connectivity index (χ2n) is 1.73. The predicted octanol–water partition coefficient (Wildman–Crippen LogP) is 0.665. The zero-order valence-electron chi connectivity index (χ0n) is 5.28. The van der Waals surface area contributed by atoms with E-state index in [-0.39, 0.29) is 6.61 Å². The van der Waals surface area contributed by atoms with Crippen LogP contribution in [0.25, 0.3) is 0 Å². The van der Waals surface area contributed by atoms with E-state index in [2.05, 4.69) is 9.72 Å². The smallest absolute Gasteiger partial charge is 0.417 e. The first kappa shape index (κ1) is 6.74. The lowest BCUT2D eigenvalue weighted by atomic mass is 10.3. The van der Waals surface area contributed by atoms with Gasteiger partial charge in [-0.3, -0.25) is 4.98 Å². The van der Waals surface area contributed by atoms with Gasteiger partial charge < -0.3 is 4.74 Å². The molecule has 0 bridgehead atoms. The van der Waals surface area contributed by atoms with Gasteiger partial charge in [-0.25, -0.2) is 4.79 Å². The standard InChI is InChI=1S/C7H6NO2/c9-6-10-5-7-1-3-8-4-2-7/h1-4H,5H2. The summed E-state index contributed by atoms with van der Waals surface area (Å²) in [7, 11) is 0. The Morgan fingerprint density at radius 3 is 2.80 bits per heavy atom. The molecule has 0 saturated heterocycles. The van der Waals surface area contributed by atoms with Crippen LogP contribution < -0.4 is 0 Å². The quantitative estimate of drug-likeness (QED) is 0.612. The zero-order valence-corrected chi connectivity index (χ0v) is 5.28. The van der Waals surface area contributed by atoms with Crippen LogP contribution in [0.2, 0.25) is 0 Å². The minimum Gasteiger partial charge on any atom is -0.452 e. The molecule has 3 heteroatoms. The maximum absolute atomic E-state index is 9.62. The molecule has 1 aromatic heterocycles. The highest BCUT2D eigenvalue weighted by molar-refractivity contribution is 5.38. The van der Waals surface area contributed by atoms with Gasteiger partial charge in [0.15, 0.2) is 0 Å². The first-order valence-electron chi connectivity index (χ1n) is 2.81. The molecule has 0 atom stereocenters. The molecule has 0 amide bonds. The molecule has 10 heavy (non-hydrogen) atoms. The van der Waals surface area contributed by atoms with Crippen LogP contribution in [-0.2, 0) is 16.1 Å². The summed E-state index contributed by atoms with van der Waals surface area (Å²) >= 11 is 0. The minimum absolute atomic E-state index is 0.270. The van der Waals surface area contributed by atoms with Crippen LogP contribution in [0.5, 0.6) is 0 Å². The van der Waals surface area contributed by atoms with E-state index in [9.17, 15) is 4.79 Å². The molecule has 0 unspecified atom stereocenters. The lowest BCUT2D eigenvalue weighted by Crippen LogP contribution is -1.88. The van der Waals surface area contributed by atoms with Crippen molar-refractivity contribution in [2.75, 3.05) is 0 Å². The Hall–Kier alpha value is -1.38. The van der Waals surface area contributed by atoms with E-state index in [0.717, 1.165) is 5.56 Å². The van der Waals surface area contributed by atoms with E-state index in [4.69, 9.17) is 0 Å². The third-order valence-electron chi connectivity index (χ3n) is 1.05. The molecule has 0 aromatic carbocycles. The second kappa shape index (κ2) is 3.61. The number of aromatic nitrogens is 1. The van der Waals surface area contributed by atoms with Crippen LogP contribution in [0.3, 0.4) is 0 Å². The lowest BCUT2D eigenvalue weighted by Gasteiger charge is -1.94. The van der Waals surface area contributed by atoms with Gasteiger partial charge in [-0.05, 0) is 17.7 Å². The molecule has 0 aliphatic rings. The molecule has 0 aliphatic heterocycles. The molecule has 0 aliphatic carbocycles. The summed E-state index contributed by atoms with van der Waals surface area (Å²) in [5, 5.41) is 0. The number of nitrogens with zero attached hydrogens (tertiary/aromatic N) is 1. The molecule has 0 saturated carbocycles. The third-order valence-corrected chi connectivity index (χ3v) is 1.05. The van der Waals surface area contributed by atoms with Crippen molar-refractivity contribution >= 4 is 6.47 Å². The molecular formula is C7H6NO2. The molecule has 0 N–H and O–H groups in total. The fourth-order valence-electron chi connectivity index (χ4n) is 0.592. The van der Waals surface area contributed by atoms with Crippen molar-refractivity contribution in [1.82, 2.24) is 4.98 Å². The predicted molar refractivity (Wildman–Crippen MR) is 34.7 cm³/mol. The molecular weight excluding hydrogens is 130 g/mol. The molecule has 51 valence electrons. The Labute approximate surface area is 58.7 Å². The molecule has 1 rings (SSSR count). The van der Waals surface area contributed by atoms with Crippen LogP contribution in [0, 0.1) is 0 Å². The second-order valence-corrected chi connectivity index (χ2v) is 1.73. The summed E-state index contributed by atoms with van der Waals surface area (Å²) in [6, 6.07) is 3.55. The van der Waals surface area contributed by atoms with E-state index in [1.54, 1.807) is 24.5 Å². The molecule has 0 spiro atoms. The van der Waals surface area contributed by atoms with Crippen molar-refractivity contribution < 1.29 is 9.53 Å². The summed E-state index contributed by atoms with van der Waals surface area (Å²) in [6.07, 6.45) is 3.28. The van der Waals surface area contributed by atoms with Crippen molar-refractivity contribution in [3.8, 4) is 0 Å². The molecule has 1 heterocycles. The number of carbonyl (C=O) groups excluding carboxylic acids is 1. The highest BCUT2D eigenvalue weighted by Gasteiger charge is 1.88. The van der Waals surface area contributed by atoms with Crippen LogP contribution in [0.4, 0.5) is 0 Å². The van der Waals surface area contributed by atoms with E-state index in [1.807, 2.05) is 0 Å². The van der Waals surface area contributed by atoms with Crippen molar-refractivity contribution in [2.45, 2.75) is 6.61 Å². The largest absolute Gasteiger partial charge is 0.452 e. The lowest BCUT2D eigenvalue weighted by molar-refractivity contribution is 0.267. The number of ether oxygens (including phenoxy) is 1. The summed E-state index contributed by atoms with van der Waals surface area (Å²) in [5.74, 6) is 0. The van der Waals surface area contributed by atoms with Gasteiger partial charge in [0.05, 0.1) is 0 Å². The zero-order chi connectivity index (χ0) is 7.23. The monoisotopic (exact) mass is 136 g/mol. The minimum atomic E-state index is 0.270. The van der Waals surface area contributed by atoms with E-state index >= 15 is 0 Å². The van der Waals surface area contributed by atoms with Gasteiger partial charge in [0.25, 0.3) is 0 Å². The Bertz CT molecular complexity index is 198. The first-order chi connectivity index (χ1) is 4.93. The van der Waals surface area contributed by atoms with E-state index < -0.39 is 0 Å². The van der Waals surface area contributed by atoms with Crippen molar-refractivity contribution in [2.24, 2.45) is 0 Å². The fraction of sp³-hybridized carbons (Fsp3) is 0.143. The molecule has 1 radical (unpaired) electrons. The number of hydrogen-bond acceptors (Lipinski definition) is 3. The topological polar surface area (TPSA) is 39.2 Å². The van der Waals surface area contributed by atoms with Gasteiger partial charge in [-0.2, -0.15) is 0 Å². The Morgan fingerprint density at radius 2 is 2.20 bits per heavy atom. The Balaban J connectivity index is 2.50. The van der Waals surface area contributed by atoms with E-state index in [0.29, 0.717) is 0 Å². The number of hydrogen-bond donors (Lipinski definition) is 0. The first-order valence-corrected chi connectivity index (χ1v) is 2.81. The number of pyridine rings is 1. The SMILES string of the molecule is O=[C]OCc1ccncc1. The maximum Gasteiger partial charge on any atom is 0.417 e. The van der Waals surface area contributed by atoms with Gasteiger partial charge in [0.2, 0.25) is 0 Å². The van der Waals surface area contributed by atoms with Crippen molar-refractivity contribution in [3.05, 3.63) is 30.1 Å².